The number of halogens is 1. The van der Waals surface area contributed by atoms with E-state index in [1.807, 2.05) is 42.2 Å². The summed E-state index contributed by atoms with van der Waals surface area (Å²) in [5.74, 6) is 0.460. The average molecular weight is 470 g/mol. The predicted molar refractivity (Wildman–Crippen MR) is 127 cm³/mol. The molecular weight excluding hydrogens is 438 g/mol. The van der Waals surface area contributed by atoms with E-state index in [-0.39, 0.29) is 17.9 Å². The number of imide groups is 1. The molecule has 2 aliphatic heterocycles. The molecule has 1 aromatic heterocycles. The summed E-state index contributed by atoms with van der Waals surface area (Å²) in [5, 5.41) is 8.17. The molecule has 2 aromatic rings. The molecule has 0 bridgehead atoms. The molecule has 1 N–H and O–H groups in total. The van der Waals surface area contributed by atoms with Gasteiger partial charge in [0.2, 0.25) is 0 Å². The Morgan fingerprint density at radius 2 is 1.85 bits per heavy atom. The highest BCUT2D eigenvalue weighted by atomic mass is 35.5. The van der Waals surface area contributed by atoms with Gasteiger partial charge in [-0.25, -0.2) is 4.79 Å². The molecule has 2 saturated heterocycles. The lowest BCUT2D eigenvalue weighted by atomic mass is 9.73. The molecule has 0 spiro atoms. The molecule has 0 radical (unpaired) electrons. The number of piperidine rings is 1. The Morgan fingerprint density at radius 3 is 2.48 bits per heavy atom. The quantitative estimate of drug-likeness (QED) is 0.630. The first-order chi connectivity index (χ1) is 15.9. The number of nitrogens with one attached hydrogen (secondary N) is 1. The maximum atomic E-state index is 13.8. The molecule has 5 rings (SSSR count). The van der Waals surface area contributed by atoms with Crippen LogP contribution in [0.25, 0.3) is 0 Å². The molecule has 3 fully saturated rings. The van der Waals surface area contributed by atoms with Crippen LogP contribution in [0.2, 0.25) is 5.02 Å². The van der Waals surface area contributed by atoms with Crippen molar-refractivity contribution in [3.05, 3.63) is 52.3 Å². The van der Waals surface area contributed by atoms with E-state index in [0.717, 1.165) is 50.9 Å². The number of rotatable bonds is 7. The van der Waals surface area contributed by atoms with Gasteiger partial charge in [0, 0.05) is 42.8 Å². The fraction of sp³-hybridized carbons (Fsp3) is 0.560. The third-order valence-electron chi connectivity index (χ3n) is 7.78. The lowest BCUT2D eigenvalue weighted by Crippen LogP contribution is -2.57. The zero-order chi connectivity index (χ0) is 23.2. The summed E-state index contributed by atoms with van der Waals surface area (Å²) in [7, 11) is 1.96. The van der Waals surface area contributed by atoms with Crippen LogP contribution in [0.1, 0.15) is 42.5 Å². The molecule has 3 amide bonds. The van der Waals surface area contributed by atoms with E-state index in [9.17, 15) is 9.59 Å². The van der Waals surface area contributed by atoms with E-state index >= 15 is 0 Å². The highest BCUT2D eigenvalue weighted by Crippen LogP contribution is 2.39. The molecule has 176 valence electrons. The third-order valence-corrected chi connectivity index (χ3v) is 8.15. The Hall–Kier alpha value is -2.38. The largest absolute Gasteiger partial charge is 0.325 e. The van der Waals surface area contributed by atoms with Gasteiger partial charge in [-0.3, -0.25) is 19.3 Å². The van der Waals surface area contributed by atoms with Gasteiger partial charge >= 0.3 is 6.03 Å². The number of benzene rings is 1. The van der Waals surface area contributed by atoms with Crippen LogP contribution in [0.4, 0.5) is 4.79 Å². The zero-order valence-corrected chi connectivity index (χ0v) is 20.1. The highest BCUT2D eigenvalue weighted by molar-refractivity contribution is 6.31. The topological polar surface area (TPSA) is 70.5 Å². The van der Waals surface area contributed by atoms with Crippen LogP contribution in [-0.4, -0.2) is 56.7 Å². The molecular formula is C25H32ClN5O2. The number of urea groups is 1. The van der Waals surface area contributed by atoms with Gasteiger partial charge in [0.15, 0.2) is 0 Å². The van der Waals surface area contributed by atoms with Crippen molar-refractivity contribution < 1.29 is 9.59 Å². The minimum absolute atomic E-state index is 0.0686. The van der Waals surface area contributed by atoms with Crippen molar-refractivity contribution in [1.82, 2.24) is 24.9 Å². The van der Waals surface area contributed by atoms with Gasteiger partial charge in [-0.1, -0.05) is 29.8 Å². The van der Waals surface area contributed by atoms with Crippen LogP contribution in [0.15, 0.2) is 30.5 Å². The Kier molecular flexibility index (Phi) is 5.95. The van der Waals surface area contributed by atoms with Gasteiger partial charge < -0.3 is 5.32 Å². The van der Waals surface area contributed by atoms with Gasteiger partial charge in [0.1, 0.15) is 5.54 Å². The second-order valence-electron chi connectivity index (χ2n) is 9.96. The monoisotopic (exact) mass is 469 g/mol. The summed E-state index contributed by atoms with van der Waals surface area (Å²) in [6.45, 7) is 5.26. The van der Waals surface area contributed by atoms with Crippen LogP contribution >= 0.6 is 11.6 Å². The maximum absolute atomic E-state index is 13.8. The number of nitrogens with zero attached hydrogens (tertiary/aromatic N) is 4. The van der Waals surface area contributed by atoms with E-state index in [1.165, 1.54) is 16.2 Å². The normalized spacial score (nSPS) is 24.5. The lowest BCUT2D eigenvalue weighted by Gasteiger charge is -2.41. The molecule has 3 heterocycles. The molecule has 3 aliphatic rings. The standard InChI is InChI=1S/C25H32ClN5O2/c1-17-20(14-27-29(17)2)16-30-11-9-21(10-12-30)25(13-19-5-3-4-6-22(19)26)23(32)31(24(33)28-25)15-18-7-8-18/h3-6,14,18,21H,7-13,15-16H2,1-2H3,(H,28,33). The molecule has 1 saturated carbocycles. The van der Waals surface area contributed by atoms with E-state index in [1.54, 1.807) is 0 Å². The first kappa shape index (κ1) is 22.4. The highest BCUT2D eigenvalue weighted by Gasteiger charge is 2.56. The van der Waals surface area contributed by atoms with Crippen molar-refractivity contribution in [3.8, 4) is 0 Å². The number of carbonyl (C=O) groups is 2. The fourth-order valence-electron chi connectivity index (χ4n) is 5.38. The van der Waals surface area contributed by atoms with Crippen molar-refractivity contribution >= 4 is 23.5 Å². The summed E-state index contributed by atoms with van der Waals surface area (Å²) in [6, 6.07) is 7.41. The minimum Gasteiger partial charge on any atom is -0.322 e. The first-order valence-electron chi connectivity index (χ1n) is 11.9. The molecule has 1 unspecified atom stereocenters. The number of hydrogen-bond donors (Lipinski definition) is 1. The van der Waals surface area contributed by atoms with Crippen LogP contribution in [0.5, 0.6) is 0 Å². The van der Waals surface area contributed by atoms with Crippen molar-refractivity contribution in [1.29, 1.82) is 0 Å². The summed E-state index contributed by atoms with van der Waals surface area (Å²) in [6.07, 6.45) is 6.28. The number of aromatic nitrogens is 2. The molecule has 1 aliphatic carbocycles. The zero-order valence-electron chi connectivity index (χ0n) is 19.4. The van der Waals surface area contributed by atoms with Gasteiger partial charge in [-0.05, 0) is 69.2 Å². The second-order valence-corrected chi connectivity index (χ2v) is 10.4. The molecule has 7 nitrogen and oxygen atoms in total. The Bertz CT molecular complexity index is 1060. The fourth-order valence-corrected chi connectivity index (χ4v) is 5.58. The lowest BCUT2D eigenvalue weighted by molar-refractivity contribution is -0.134. The predicted octanol–water partition coefficient (Wildman–Crippen LogP) is 3.54. The summed E-state index contributed by atoms with van der Waals surface area (Å²) >= 11 is 6.49. The van der Waals surface area contributed by atoms with Crippen molar-refractivity contribution in [2.45, 2.75) is 51.1 Å². The SMILES string of the molecule is Cc1c(CN2CCC(C3(Cc4ccccc4Cl)NC(=O)N(CC4CC4)C3=O)CC2)cnn1C. The maximum Gasteiger partial charge on any atom is 0.325 e. The van der Waals surface area contributed by atoms with Crippen LogP contribution in [-0.2, 0) is 24.8 Å². The summed E-state index contributed by atoms with van der Waals surface area (Å²) in [4.78, 5) is 30.7. The summed E-state index contributed by atoms with van der Waals surface area (Å²) < 4.78 is 1.90. The molecule has 33 heavy (non-hydrogen) atoms. The second kappa shape index (κ2) is 8.76. The number of hydrogen-bond acceptors (Lipinski definition) is 4. The van der Waals surface area contributed by atoms with Gasteiger partial charge in [-0.15, -0.1) is 0 Å². The molecule has 8 heteroatoms. The smallest absolute Gasteiger partial charge is 0.322 e. The van der Waals surface area contributed by atoms with E-state index in [2.05, 4.69) is 22.2 Å². The molecule has 1 aromatic carbocycles. The van der Waals surface area contributed by atoms with E-state index in [0.29, 0.717) is 23.9 Å². The number of likely N-dealkylation sites (tertiary alicyclic amines) is 1. The number of aryl methyl sites for hydroxylation is 1. The van der Waals surface area contributed by atoms with E-state index < -0.39 is 5.54 Å². The summed E-state index contributed by atoms with van der Waals surface area (Å²) in [5.41, 5.74) is 2.41. The van der Waals surface area contributed by atoms with Gasteiger partial charge in [0.25, 0.3) is 5.91 Å². The van der Waals surface area contributed by atoms with Crippen molar-refractivity contribution in [2.75, 3.05) is 19.6 Å². The number of carbonyl (C=O) groups excluding carboxylic acids is 2. The molecule has 1 atom stereocenters. The number of amides is 3. The van der Waals surface area contributed by atoms with Crippen LogP contribution in [0, 0.1) is 18.8 Å². The van der Waals surface area contributed by atoms with Gasteiger partial charge in [0.05, 0.1) is 6.20 Å². The Balaban J connectivity index is 1.36. The van der Waals surface area contributed by atoms with Crippen molar-refractivity contribution in [2.24, 2.45) is 18.9 Å². The van der Waals surface area contributed by atoms with Crippen molar-refractivity contribution in [3.63, 3.8) is 0 Å². The van der Waals surface area contributed by atoms with E-state index in [4.69, 9.17) is 11.6 Å². The Labute approximate surface area is 200 Å². The average Bonchev–Trinajstić information content (AvgIpc) is 3.54. The van der Waals surface area contributed by atoms with Crippen LogP contribution in [0.3, 0.4) is 0 Å². The Morgan fingerprint density at radius 1 is 1.12 bits per heavy atom. The third kappa shape index (κ3) is 4.28. The first-order valence-corrected chi connectivity index (χ1v) is 12.3. The minimum atomic E-state index is -0.923. The van der Waals surface area contributed by atoms with Gasteiger partial charge in [-0.2, -0.15) is 5.10 Å². The van der Waals surface area contributed by atoms with Crippen LogP contribution < -0.4 is 5.32 Å².